The van der Waals surface area contributed by atoms with E-state index in [0.29, 0.717) is 11.7 Å². The van der Waals surface area contributed by atoms with Gasteiger partial charge in [-0.1, -0.05) is 42.1 Å². The van der Waals surface area contributed by atoms with Crippen molar-refractivity contribution in [2.45, 2.75) is 29.4 Å². The zero-order chi connectivity index (χ0) is 16.1. The molecule has 0 spiro atoms. The summed E-state index contributed by atoms with van der Waals surface area (Å²) in [7, 11) is 1.76. The van der Waals surface area contributed by atoms with Gasteiger partial charge in [-0.2, -0.15) is 0 Å². The molecule has 1 saturated heterocycles. The first-order chi connectivity index (χ1) is 11.2. The molecule has 2 atom stereocenters. The summed E-state index contributed by atoms with van der Waals surface area (Å²) in [5.74, 6) is -0.0558. The fourth-order valence-corrected chi connectivity index (χ4v) is 3.41. The minimum atomic E-state index is -0.401. The van der Waals surface area contributed by atoms with E-state index in [1.807, 2.05) is 30.3 Å². The van der Waals surface area contributed by atoms with Gasteiger partial charge in [-0.3, -0.25) is 4.79 Å². The molecule has 3 rings (SSSR count). The number of rotatable bonds is 6. The molecule has 0 bridgehead atoms. The molecule has 1 amide bonds. The Bertz CT molecular complexity index is 642. The van der Waals surface area contributed by atoms with Crippen LogP contribution in [0.3, 0.4) is 0 Å². The maximum absolute atomic E-state index is 12.7. The molecule has 122 valence electrons. The summed E-state index contributed by atoms with van der Waals surface area (Å²) in [6.07, 6.45) is 2.18. The monoisotopic (exact) mass is 333 g/mol. The number of nitrogens with zero attached hydrogens (tertiary/aromatic N) is 4. The number of nitrogens with one attached hydrogen (secondary N) is 1. The first kappa shape index (κ1) is 15.9. The number of carbonyl (C=O) groups is 1. The molecule has 1 aromatic carbocycles. The number of ether oxygens (including phenoxy) is 1. The molecule has 1 aliphatic rings. The van der Waals surface area contributed by atoms with Gasteiger partial charge in [-0.15, -0.1) is 5.10 Å². The molecule has 1 aromatic heterocycles. The number of aromatic nitrogens is 4. The van der Waals surface area contributed by atoms with Gasteiger partial charge in [0.15, 0.2) is 0 Å². The molecule has 1 N–H and O–H groups in total. The molecule has 0 aliphatic carbocycles. The highest BCUT2D eigenvalue weighted by Gasteiger charge is 2.25. The minimum absolute atomic E-state index is 0.0558. The van der Waals surface area contributed by atoms with E-state index in [1.54, 1.807) is 11.7 Å². The third-order valence-electron chi connectivity index (χ3n) is 3.67. The zero-order valence-corrected chi connectivity index (χ0v) is 13.7. The number of benzene rings is 1. The molecule has 0 saturated carbocycles. The maximum Gasteiger partial charge on any atom is 0.238 e. The fraction of sp³-hybridized carbons (Fsp3) is 0.467. The van der Waals surface area contributed by atoms with Crippen LogP contribution in [0.25, 0.3) is 0 Å². The summed E-state index contributed by atoms with van der Waals surface area (Å²) in [5, 5.41) is 14.6. The topological polar surface area (TPSA) is 81.9 Å². The lowest BCUT2D eigenvalue weighted by Crippen LogP contribution is -2.34. The predicted molar refractivity (Wildman–Crippen MR) is 85.8 cm³/mol. The summed E-state index contributed by atoms with van der Waals surface area (Å²) < 4.78 is 7.12. The number of hydrogen-bond donors (Lipinski definition) is 1. The van der Waals surface area contributed by atoms with Gasteiger partial charge in [-0.25, -0.2) is 4.68 Å². The first-order valence-corrected chi connectivity index (χ1v) is 8.45. The molecule has 1 fully saturated rings. The Balaban J connectivity index is 1.71. The Morgan fingerprint density at radius 1 is 1.48 bits per heavy atom. The van der Waals surface area contributed by atoms with Crippen molar-refractivity contribution in [2.24, 2.45) is 7.05 Å². The smallest absolute Gasteiger partial charge is 0.238 e. The SMILES string of the molecule is Cn1nnnc1S[C@@H](C(=O)NC[C@@H]1CCCO1)c1ccccc1. The van der Waals surface area contributed by atoms with Crippen molar-refractivity contribution < 1.29 is 9.53 Å². The highest BCUT2D eigenvalue weighted by Crippen LogP contribution is 2.33. The van der Waals surface area contributed by atoms with Crippen LogP contribution in [0.1, 0.15) is 23.7 Å². The molecule has 23 heavy (non-hydrogen) atoms. The second kappa shape index (κ2) is 7.56. The number of aryl methyl sites for hydroxylation is 1. The van der Waals surface area contributed by atoms with Crippen molar-refractivity contribution in [1.29, 1.82) is 0 Å². The Morgan fingerprint density at radius 2 is 2.30 bits per heavy atom. The Kier molecular flexibility index (Phi) is 5.24. The highest BCUT2D eigenvalue weighted by atomic mass is 32.2. The van der Waals surface area contributed by atoms with Gasteiger partial charge in [0.05, 0.1) is 6.10 Å². The summed E-state index contributed by atoms with van der Waals surface area (Å²) in [5.41, 5.74) is 0.922. The Hall–Kier alpha value is -1.93. The zero-order valence-electron chi connectivity index (χ0n) is 12.9. The molecule has 0 unspecified atom stereocenters. The maximum atomic E-state index is 12.7. The molecule has 7 nitrogen and oxygen atoms in total. The van der Waals surface area contributed by atoms with Crippen LogP contribution >= 0.6 is 11.8 Å². The van der Waals surface area contributed by atoms with Crippen molar-refractivity contribution in [3.63, 3.8) is 0 Å². The number of carbonyl (C=O) groups excluding carboxylic acids is 1. The van der Waals surface area contributed by atoms with Gasteiger partial charge < -0.3 is 10.1 Å². The van der Waals surface area contributed by atoms with Crippen molar-refractivity contribution in [3.05, 3.63) is 35.9 Å². The molecule has 2 heterocycles. The number of tetrazole rings is 1. The Labute approximate surface area is 138 Å². The van der Waals surface area contributed by atoms with Crippen molar-refractivity contribution in [1.82, 2.24) is 25.5 Å². The van der Waals surface area contributed by atoms with Crippen LogP contribution < -0.4 is 5.32 Å². The average molecular weight is 333 g/mol. The van der Waals surface area contributed by atoms with Crippen LogP contribution in [0.15, 0.2) is 35.5 Å². The van der Waals surface area contributed by atoms with Crippen LogP contribution in [-0.4, -0.2) is 45.4 Å². The van der Waals surface area contributed by atoms with Crippen molar-refractivity contribution in [3.8, 4) is 0 Å². The first-order valence-electron chi connectivity index (χ1n) is 7.57. The lowest BCUT2D eigenvalue weighted by molar-refractivity contribution is -0.121. The second-order valence-electron chi connectivity index (χ2n) is 5.37. The third kappa shape index (κ3) is 4.08. The largest absolute Gasteiger partial charge is 0.376 e. The number of hydrogen-bond acceptors (Lipinski definition) is 6. The van der Waals surface area contributed by atoms with Crippen LogP contribution in [0.4, 0.5) is 0 Å². The molecule has 0 radical (unpaired) electrons. The van der Waals surface area contributed by atoms with E-state index >= 15 is 0 Å². The third-order valence-corrected chi connectivity index (χ3v) is 4.95. The second-order valence-corrected chi connectivity index (χ2v) is 6.45. The van der Waals surface area contributed by atoms with E-state index in [1.165, 1.54) is 11.8 Å². The van der Waals surface area contributed by atoms with Crippen LogP contribution in [0.5, 0.6) is 0 Å². The summed E-state index contributed by atoms with van der Waals surface area (Å²) in [6.45, 7) is 1.32. The summed E-state index contributed by atoms with van der Waals surface area (Å²) in [6, 6.07) is 9.65. The standard InChI is InChI=1S/C15H19N5O2S/c1-20-15(17-18-19-20)23-13(11-6-3-2-4-7-11)14(21)16-10-12-8-5-9-22-12/h2-4,6-7,12-13H,5,8-10H2,1H3,(H,16,21)/t12-,13+/m0/s1. The van der Waals surface area contributed by atoms with Crippen molar-refractivity contribution in [2.75, 3.05) is 13.2 Å². The summed E-state index contributed by atoms with van der Waals surface area (Å²) >= 11 is 1.34. The van der Waals surface area contributed by atoms with E-state index < -0.39 is 5.25 Å². The molecular formula is C15H19N5O2S. The minimum Gasteiger partial charge on any atom is -0.376 e. The number of thioether (sulfide) groups is 1. The van der Waals surface area contributed by atoms with Crippen LogP contribution in [-0.2, 0) is 16.6 Å². The number of amides is 1. The van der Waals surface area contributed by atoms with Crippen LogP contribution in [0.2, 0.25) is 0 Å². The quantitative estimate of drug-likeness (QED) is 0.803. The molecule has 2 aromatic rings. The van der Waals surface area contributed by atoms with E-state index in [9.17, 15) is 4.79 Å². The van der Waals surface area contributed by atoms with Gasteiger partial charge in [0.2, 0.25) is 11.1 Å². The normalized spacial score (nSPS) is 18.7. The lowest BCUT2D eigenvalue weighted by Gasteiger charge is -2.17. The van der Waals surface area contributed by atoms with Gasteiger partial charge >= 0.3 is 0 Å². The predicted octanol–water partition coefficient (Wildman–Crippen LogP) is 1.34. The van der Waals surface area contributed by atoms with Gasteiger partial charge in [0.25, 0.3) is 0 Å². The lowest BCUT2D eigenvalue weighted by atomic mass is 10.1. The van der Waals surface area contributed by atoms with E-state index in [-0.39, 0.29) is 12.0 Å². The molecule has 1 aliphatic heterocycles. The van der Waals surface area contributed by atoms with E-state index in [0.717, 1.165) is 25.0 Å². The van der Waals surface area contributed by atoms with Crippen molar-refractivity contribution >= 4 is 17.7 Å². The van der Waals surface area contributed by atoms with Gasteiger partial charge in [0, 0.05) is 20.2 Å². The van der Waals surface area contributed by atoms with Gasteiger partial charge in [0.1, 0.15) is 5.25 Å². The molecular weight excluding hydrogens is 314 g/mol. The molecule has 8 heteroatoms. The fourth-order valence-electron chi connectivity index (χ4n) is 2.44. The van der Waals surface area contributed by atoms with Gasteiger partial charge in [-0.05, 0) is 28.8 Å². The average Bonchev–Trinajstić information content (AvgIpc) is 3.23. The Morgan fingerprint density at radius 3 is 2.96 bits per heavy atom. The van der Waals surface area contributed by atoms with Crippen LogP contribution in [0, 0.1) is 0 Å². The summed E-state index contributed by atoms with van der Waals surface area (Å²) in [4.78, 5) is 12.7. The van der Waals surface area contributed by atoms with E-state index in [2.05, 4.69) is 20.8 Å². The highest BCUT2D eigenvalue weighted by molar-refractivity contribution is 8.00. The van der Waals surface area contributed by atoms with E-state index in [4.69, 9.17) is 4.74 Å².